The number of hydrogen-bond acceptors (Lipinski definition) is 5. The van der Waals surface area contributed by atoms with E-state index >= 15 is 0 Å². The summed E-state index contributed by atoms with van der Waals surface area (Å²) in [5.41, 5.74) is 0.284. The van der Waals surface area contributed by atoms with E-state index in [4.69, 9.17) is 9.15 Å². The van der Waals surface area contributed by atoms with E-state index in [1.54, 1.807) is 6.07 Å². The average molecular weight is 241 g/mol. The molecule has 0 atom stereocenters. The highest BCUT2D eigenvalue weighted by Crippen LogP contribution is 2.24. The van der Waals surface area contributed by atoms with Gasteiger partial charge in [-0.2, -0.15) is 0 Å². The number of rotatable bonds is 4. The summed E-state index contributed by atoms with van der Waals surface area (Å²) in [6, 6.07) is 1.63. The molecule has 0 aliphatic rings. The van der Waals surface area contributed by atoms with Crippen molar-refractivity contribution >= 4 is 5.97 Å². The van der Waals surface area contributed by atoms with E-state index in [-0.39, 0.29) is 11.5 Å². The summed E-state index contributed by atoms with van der Waals surface area (Å²) in [7, 11) is 2.77. The quantitative estimate of drug-likeness (QED) is 0.816. The van der Waals surface area contributed by atoms with E-state index in [0.717, 1.165) is 0 Å². The number of esters is 1. The Kier molecular flexibility index (Phi) is 4.17. The third kappa shape index (κ3) is 3.78. The van der Waals surface area contributed by atoms with Crippen LogP contribution in [0.3, 0.4) is 0 Å². The maximum absolute atomic E-state index is 11.4. The van der Waals surface area contributed by atoms with Gasteiger partial charge in [-0.1, -0.05) is 0 Å². The molecule has 1 aromatic heterocycles. The molecule has 96 valence electrons. The van der Waals surface area contributed by atoms with Gasteiger partial charge in [-0.25, -0.2) is 4.79 Å². The van der Waals surface area contributed by atoms with Gasteiger partial charge in [0.2, 0.25) is 0 Å². The lowest BCUT2D eigenvalue weighted by Crippen LogP contribution is -2.34. The minimum absolute atomic E-state index is 0.0224. The zero-order chi connectivity index (χ0) is 13.1. The molecule has 0 aliphatic heterocycles. The Hall–Kier alpha value is -1.49. The number of hydrogen-bond donors (Lipinski definition) is 1. The van der Waals surface area contributed by atoms with Crippen LogP contribution in [0, 0.1) is 0 Å². The molecular weight excluding hydrogens is 222 g/mol. The molecule has 1 heterocycles. The Labute approximate surface area is 101 Å². The Morgan fingerprint density at radius 3 is 2.53 bits per heavy atom. The fraction of sp³-hybridized carbons (Fsp3) is 0.583. The predicted octanol–water partition coefficient (Wildman–Crippen LogP) is 1.96. The number of nitrogens with one attached hydrogen (secondary N) is 1. The van der Waals surface area contributed by atoms with Crippen LogP contribution < -0.4 is 10.1 Å². The first-order valence-electron chi connectivity index (χ1n) is 5.37. The smallest absolute Gasteiger partial charge is 0.345 e. The van der Waals surface area contributed by atoms with Crippen LogP contribution in [0.5, 0.6) is 5.95 Å². The average Bonchev–Trinajstić information content (AvgIpc) is 2.67. The van der Waals surface area contributed by atoms with Crippen LogP contribution in [-0.4, -0.2) is 25.7 Å². The highest BCUT2D eigenvalue weighted by atomic mass is 16.6. The second-order valence-corrected chi connectivity index (χ2v) is 4.71. The van der Waals surface area contributed by atoms with Crippen molar-refractivity contribution in [3.8, 4) is 5.95 Å². The first-order valence-corrected chi connectivity index (χ1v) is 5.37. The summed E-state index contributed by atoms with van der Waals surface area (Å²) in [5, 5.41) is 3.26. The van der Waals surface area contributed by atoms with Crippen molar-refractivity contribution in [2.45, 2.75) is 32.9 Å². The zero-order valence-corrected chi connectivity index (χ0v) is 10.9. The first-order chi connectivity index (χ1) is 7.87. The summed E-state index contributed by atoms with van der Waals surface area (Å²) in [5.74, 6) is 0.354. The van der Waals surface area contributed by atoms with E-state index in [1.165, 1.54) is 14.2 Å². The summed E-state index contributed by atoms with van der Waals surface area (Å²) in [6.07, 6.45) is 0. The Balaban J connectivity index is 2.82. The molecule has 5 nitrogen and oxygen atoms in total. The molecule has 0 unspecified atom stereocenters. The number of methoxy groups -OCH3 is 2. The number of carbonyl (C=O) groups is 1. The highest BCUT2D eigenvalue weighted by Gasteiger charge is 2.20. The van der Waals surface area contributed by atoms with Gasteiger partial charge in [0.1, 0.15) is 11.3 Å². The minimum atomic E-state index is -0.465. The van der Waals surface area contributed by atoms with Crippen LogP contribution in [0.15, 0.2) is 10.5 Å². The molecule has 0 aromatic carbocycles. The van der Waals surface area contributed by atoms with Crippen LogP contribution in [0.2, 0.25) is 0 Å². The minimum Gasteiger partial charge on any atom is -0.468 e. The second kappa shape index (κ2) is 5.23. The fourth-order valence-corrected chi connectivity index (χ4v) is 1.27. The van der Waals surface area contributed by atoms with Crippen molar-refractivity contribution in [1.29, 1.82) is 0 Å². The predicted molar refractivity (Wildman–Crippen MR) is 63.2 cm³/mol. The molecule has 0 fully saturated rings. The summed E-state index contributed by atoms with van der Waals surface area (Å²) >= 11 is 0. The standard InChI is InChI=1S/C12H19NO4/c1-12(2,3)13-7-8-6-9(10(14)15-4)11(16-5)17-8/h6,13H,7H2,1-5H3. The number of furan rings is 1. The van der Waals surface area contributed by atoms with Crippen molar-refractivity contribution < 1.29 is 18.7 Å². The maximum Gasteiger partial charge on any atom is 0.345 e. The van der Waals surface area contributed by atoms with Gasteiger partial charge in [-0.15, -0.1) is 0 Å². The lowest BCUT2D eigenvalue weighted by atomic mass is 10.1. The Morgan fingerprint density at radius 2 is 2.06 bits per heavy atom. The molecule has 0 bridgehead atoms. The van der Waals surface area contributed by atoms with Gasteiger partial charge >= 0.3 is 5.97 Å². The maximum atomic E-state index is 11.4. The molecule has 0 spiro atoms. The fourth-order valence-electron chi connectivity index (χ4n) is 1.27. The third-order valence-corrected chi connectivity index (χ3v) is 2.13. The van der Waals surface area contributed by atoms with E-state index in [0.29, 0.717) is 17.9 Å². The lowest BCUT2D eigenvalue weighted by molar-refractivity contribution is 0.0594. The molecule has 0 saturated heterocycles. The third-order valence-electron chi connectivity index (χ3n) is 2.13. The van der Waals surface area contributed by atoms with Gasteiger partial charge in [-0.3, -0.25) is 0 Å². The summed E-state index contributed by atoms with van der Waals surface area (Å²) in [6.45, 7) is 6.67. The van der Waals surface area contributed by atoms with Gasteiger partial charge in [0.05, 0.1) is 20.8 Å². The largest absolute Gasteiger partial charge is 0.468 e. The number of ether oxygens (including phenoxy) is 2. The zero-order valence-electron chi connectivity index (χ0n) is 10.9. The van der Waals surface area contributed by atoms with Crippen molar-refractivity contribution in [3.63, 3.8) is 0 Å². The van der Waals surface area contributed by atoms with Gasteiger partial charge in [0, 0.05) is 5.54 Å². The molecule has 0 amide bonds. The first kappa shape index (κ1) is 13.6. The van der Waals surface area contributed by atoms with Gasteiger partial charge in [0.15, 0.2) is 0 Å². The van der Waals surface area contributed by atoms with Gasteiger partial charge < -0.3 is 19.2 Å². The van der Waals surface area contributed by atoms with E-state index < -0.39 is 5.97 Å². The normalized spacial score (nSPS) is 11.4. The van der Waals surface area contributed by atoms with Crippen molar-refractivity contribution in [2.24, 2.45) is 0 Å². The topological polar surface area (TPSA) is 60.7 Å². The van der Waals surface area contributed by atoms with Crippen LogP contribution in [0.1, 0.15) is 36.9 Å². The molecule has 5 heteroatoms. The van der Waals surface area contributed by atoms with Crippen LogP contribution in [0.25, 0.3) is 0 Å². The Bertz CT molecular complexity index is 390. The van der Waals surface area contributed by atoms with Crippen LogP contribution in [-0.2, 0) is 11.3 Å². The van der Waals surface area contributed by atoms with Crippen LogP contribution in [0.4, 0.5) is 0 Å². The summed E-state index contributed by atoms with van der Waals surface area (Å²) < 4.78 is 15.0. The van der Waals surface area contributed by atoms with Gasteiger partial charge in [-0.05, 0) is 26.8 Å². The van der Waals surface area contributed by atoms with E-state index in [9.17, 15) is 4.79 Å². The molecule has 0 radical (unpaired) electrons. The molecule has 1 aromatic rings. The van der Waals surface area contributed by atoms with Crippen molar-refractivity contribution in [3.05, 3.63) is 17.4 Å². The molecule has 1 rings (SSSR count). The number of carbonyl (C=O) groups excluding carboxylic acids is 1. The van der Waals surface area contributed by atoms with E-state index in [2.05, 4.69) is 10.1 Å². The van der Waals surface area contributed by atoms with E-state index in [1.807, 2.05) is 20.8 Å². The van der Waals surface area contributed by atoms with Crippen molar-refractivity contribution in [1.82, 2.24) is 5.32 Å². The highest BCUT2D eigenvalue weighted by molar-refractivity contribution is 5.91. The van der Waals surface area contributed by atoms with Gasteiger partial charge in [0.25, 0.3) is 5.95 Å². The van der Waals surface area contributed by atoms with Crippen molar-refractivity contribution in [2.75, 3.05) is 14.2 Å². The Morgan fingerprint density at radius 1 is 1.41 bits per heavy atom. The van der Waals surface area contributed by atoms with Crippen LogP contribution >= 0.6 is 0 Å². The molecular formula is C12H19NO4. The lowest BCUT2D eigenvalue weighted by Gasteiger charge is -2.19. The molecule has 1 N–H and O–H groups in total. The molecule has 17 heavy (non-hydrogen) atoms. The SMILES string of the molecule is COC(=O)c1cc(CNC(C)(C)C)oc1OC. The second-order valence-electron chi connectivity index (χ2n) is 4.71. The summed E-state index contributed by atoms with van der Waals surface area (Å²) in [4.78, 5) is 11.4. The molecule has 0 saturated carbocycles. The molecule has 0 aliphatic carbocycles. The monoisotopic (exact) mass is 241 g/mol.